The maximum Gasteiger partial charge on any atom is 0.234 e. The van der Waals surface area contributed by atoms with Crippen molar-refractivity contribution < 1.29 is 9.59 Å². The number of ketones is 2. The predicted molar refractivity (Wildman–Crippen MR) is 121 cm³/mol. The summed E-state index contributed by atoms with van der Waals surface area (Å²) in [5.41, 5.74) is 3.80. The van der Waals surface area contributed by atoms with Crippen LogP contribution < -0.4 is 0 Å². The minimum Gasteiger partial charge on any atom is -0.285 e. The predicted octanol–water partition coefficient (Wildman–Crippen LogP) is 7.28. The number of carbonyl (C=O) groups excluding carboxylic acids is 2. The molecule has 0 N–H and O–H groups in total. The van der Waals surface area contributed by atoms with Crippen molar-refractivity contribution in [2.75, 3.05) is 0 Å². The van der Waals surface area contributed by atoms with Gasteiger partial charge in [-0.25, -0.2) is 0 Å². The lowest BCUT2D eigenvalue weighted by molar-refractivity contribution is 0.0817. The average molecular weight is 467 g/mol. The number of thiophene rings is 2. The van der Waals surface area contributed by atoms with E-state index in [-0.39, 0.29) is 0 Å². The minimum atomic E-state index is -0.489. The van der Waals surface area contributed by atoms with Gasteiger partial charge in [0.25, 0.3) is 0 Å². The van der Waals surface area contributed by atoms with Crippen molar-refractivity contribution in [2.24, 2.45) is 0 Å². The fourth-order valence-corrected chi connectivity index (χ4v) is 5.47. The SMILES string of the molecule is Cc1csc(-c2cccc(C(=O)C(=O)c3ccccc3)c2-c2ccc(Br)s2)c1. The van der Waals surface area contributed by atoms with Gasteiger partial charge in [0, 0.05) is 32.0 Å². The molecule has 0 spiro atoms. The first-order valence-corrected chi connectivity index (χ1v) is 11.1. The number of halogens is 1. The number of benzene rings is 2. The third-order valence-electron chi connectivity index (χ3n) is 4.37. The third-order valence-corrected chi connectivity index (χ3v) is 7.09. The van der Waals surface area contributed by atoms with Gasteiger partial charge in [-0.3, -0.25) is 9.59 Å². The number of hydrogen-bond donors (Lipinski definition) is 0. The summed E-state index contributed by atoms with van der Waals surface area (Å²) in [7, 11) is 0. The quantitative estimate of drug-likeness (QED) is 0.228. The zero-order chi connectivity index (χ0) is 19.7. The van der Waals surface area contributed by atoms with Crippen LogP contribution in [0.1, 0.15) is 26.3 Å². The van der Waals surface area contributed by atoms with Crippen molar-refractivity contribution in [1.82, 2.24) is 0 Å². The lowest BCUT2D eigenvalue weighted by Gasteiger charge is -2.12. The topological polar surface area (TPSA) is 34.1 Å². The summed E-state index contributed by atoms with van der Waals surface area (Å²) >= 11 is 6.70. The number of Topliss-reactive ketones (excluding diaryl/α,β-unsaturated/α-hetero) is 2. The lowest BCUT2D eigenvalue weighted by Crippen LogP contribution is -2.15. The molecule has 5 heteroatoms. The highest BCUT2D eigenvalue weighted by molar-refractivity contribution is 9.11. The van der Waals surface area contributed by atoms with Crippen molar-refractivity contribution in [2.45, 2.75) is 6.92 Å². The first-order chi connectivity index (χ1) is 13.5. The minimum absolute atomic E-state index is 0.406. The molecule has 28 heavy (non-hydrogen) atoms. The van der Waals surface area contributed by atoms with Crippen molar-refractivity contribution >= 4 is 50.2 Å². The number of aryl methyl sites for hydroxylation is 1. The molecule has 0 aliphatic rings. The molecule has 0 saturated heterocycles. The maximum atomic E-state index is 13.2. The zero-order valence-corrected chi connectivity index (χ0v) is 18.2. The first-order valence-electron chi connectivity index (χ1n) is 8.63. The van der Waals surface area contributed by atoms with Crippen molar-refractivity contribution in [3.8, 4) is 20.9 Å². The van der Waals surface area contributed by atoms with Gasteiger partial charge < -0.3 is 0 Å². The summed E-state index contributed by atoms with van der Waals surface area (Å²) in [6.45, 7) is 2.05. The molecule has 2 aromatic carbocycles. The second-order valence-electron chi connectivity index (χ2n) is 6.34. The Morgan fingerprint density at radius 3 is 2.29 bits per heavy atom. The van der Waals surface area contributed by atoms with Gasteiger partial charge in [-0.15, -0.1) is 22.7 Å². The standard InChI is InChI=1S/C23H15BrO2S2/c1-14-12-19(27-13-14)16-8-5-9-17(21(16)18-10-11-20(24)28-18)23(26)22(25)15-6-3-2-4-7-15/h2-13H,1H3. The van der Waals surface area contributed by atoms with Crippen LogP contribution in [0.5, 0.6) is 0 Å². The summed E-state index contributed by atoms with van der Waals surface area (Å²) < 4.78 is 0.979. The summed E-state index contributed by atoms with van der Waals surface area (Å²) in [6, 6.07) is 20.4. The van der Waals surface area contributed by atoms with Crippen LogP contribution >= 0.6 is 38.6 Å². The van der Waals surface area contributed by atoms with Gasteiger partial charge >= 0.3 is 0 Å². The van der Waals surface area contributed by atoms with Crippen molar-refractivity contribution in [3.05, 3.63) is 92.6 Å². The molecule has 0 fully saturated rings. The van der Waals surface area contributed by atoms with Crippen LogP contribution in [0.3, 0.4) is 0 Å². The van der Waals surface area contributed by atoms with Crippen LogP contribution in [0.4, 0.5) is 0 Å². The molecule has 0 radical (unpaired) electrons. The van der Waals surface area contributed by atoms with Gasteiger partial charge in [0.05, 0.1) is 3.79 Å². The molecule has 0 aliphatic heterocycles. The molecule has 0 amide bonds. The fraction of sp³-hybridized carbons (Fsp3) is 0.0435. The maximum absolute atomic E-state index is 13.2. The molecule has 0 aliphatic carbocycles. The molecule has 4 rings (SSSR count). The van der Waals surface area contributed by atoms with Gasteiger partial charge in [0.15, 0.2) is 0 Å². The van der Waals surface area contributed by atoms with E-state index in [9.17, 15) is 9.59 Å². The highest BCUT2D eigenvalue weighted by Gasteiger charge is 2.24. The van der Waals surface area contributed by atoms with E-state index in [0.717, 1.165) is 24.7 Å². The largest absolute Gasteiger partial charge is 0.285 e. The molecule has 138 valence electrons. The van der Waals surface area contributed by atoms with Crippen LogP contribution in [0.2, 0.25) is 0 Å². The van der Waals surface area contributed by atoms with Crippen LogP contribution in [0.15, 0.2) is 75.9 Å². The lowest BCUT2D eigenvalue weighted by atomic mass is 9.92. The Balaban J connectivity index is 1.90. The molecule has 2 aromatic heterocycles. The zero-order valence-electron chi connectivity index (χ0n) is 14.9. The van der Waals surface area contributed by atoms with Crippen molar-refractivity contribution in [3.63, 3.8) is 0 Å². The Hall–Kier alpha value is -2.34. The van der Waals surface area contributed by atoms with Crippen LogP contribution in [-0.2, 0) is 0 Å². The van der Waals surface area contributed by atoms with Gasteiger partial charge in [0.1, 0.15) is 0 Å². The molecule has 4 aromatic rings. The second kappa shape index (κ2) is 7.95. The molecule has 0 saturated carbocycles. The second-order valence-corrected chi connectivity index (χ2v) is 9.72. The third kappa shape index (κ3) is 3.65. The van der Waals surface area contributed by atoms with Gasteiger partial charge in [-0.05, 0) is 52.0 Å². The monoisotopic (exact) mass is 466 g/mol. The van der Waals surface area contributed by atoms with Crippen LogP contribution in [0, 0.1) is 6.92 Å². The van der Waals surface area contributed by atoms with E-state index in [1.807, 2.05) is 30.3 Å². The Morgan fingerprint density at radius 1 is 0.857 bits per heavy atom. The molecule has 0 bridgehead atoms. The van der Waals surface area contributed by atoms with Gasteiger partial charge in [-0.1, -0.05) is 48.5 Å². The van der Waals surface area contributed by atoms with Gasteiger partial charge in [0.2, 0.25) is 11.6 Å². The Bertz CT molecular complexity index is 1170. The summed E-state index contributed by atoms with van der Waals surface area (Å²) in [5, 5.41) is 2.09. The summed E-state index contributed by atoms with van der Waals surface area (Å²) in [6.07, 6.45) is 0. The highest BCUT2D eigenvalue weighted by atomic mass is 79.9. The normalized spacial score (nSPS) is 10.8. The molecular formula is C23H15BrO2S2. The number of hydrogen-bond acceptors (Lipinski definition) is 4. The molecular weight excluding hydrogens is 452 g/mol. The Morgan fingerprint density at radius 2 is 1.64 bits per heavy atom. The van der Waals surface area contributed by atoms with E-state index in [1.165, 1.54) is 5.56 Å². The first kappa shape index (κ1) is 19.0. The molecule has 2 nitrogen and oxygen atoms in total. The fourth-order valence-electron chi connectivity index (χ4n) is 3.08. The van der Waals surface area contributed by atoms with Gasteiger partial charge in [-0.2, -0.15) is 0 Å². The summed E-state index contributed by atoms with van der Waals surface area (Å²) in [4.78, 5) is 28.1. The van der Waals surface area contributed by atoms with E-state index in [1.54, 1.807) is 53.0 Å². The smallest absolute Gasteiger partial charge is 0.234 e. The molecule has 2 heterocycles. The van der Waals surface area contributed by atoms with Crippen LogP contribution in [-0.4, -0.2) is 11.6 Å². The van der Waals surface area contributed by atoms with E-state index in [4.69, 9.17) is 0 Å². The molecule has 0 unspecified atom stereocenters. The van der Waals surface area contributed by atoms with E-state index in [0.29, 0.717) is 11.1 Å². The van der Waals surface area contributed by atoms with E-state index < -0.39 is 11.6 Å². The average Bonchev–Trinajstić information content (AvgIpc) is 3.35. The van der Waals surface area contributed by atoms with Crippen molar-refractivity contribution in [1.29, 1.82) is 0 Å². The molecule has 0 atom stereocenters. The van der Waals surface area contributed by atoms with E-state index in [2.05, 4.69) is 34.3 Å². The summed E-state index contributed by atoms with van der Waals surface area (Å²) in [5.74, 6) is -0.974. The number of carbonyl (C=O) groups is 2. The highest BCUT2D eigenvalue weighted by Crippen LogP contribution is 2.42. The number of rotatable bonds is 5. The Kier molecular flexibility index (Phi) is 5.40. The Labute approximate surface area is 179 Å². The van der Waals surface area contributed by atoms with Crippen LogP contribution in [0.25, 0.3) is 20.9 Å². The van der Waals surface area contributed by atoms with E-state index >= 15 is 0 Å².